The molecule has 1 heterocycles. The molecule has 19 heavy (non-hydrogen) atoms. The molecule has 0 unspecified atom stereocenters. The molecule has 0 saturated heterocycles. The SMILES string of the molecule is COc1nn(C(=O)OC(C)(C)C)c2ccc(O)cc12. The van der Waals surface area contributed by atoms with Gasteiger partial charge < -0.3 is 14.6 Å². The summed E-state index contributed by atoms with van der Waals surface area (Å²) in [4.78, 5) is 12.0. The van der Waals surface area contributed by atoms with Gasteiger partial charge in [-0.15, -0.1) is 5.10 Å². The van der Waals surface area contributed by atoms with Crippen LogP contribution in [0.5, 0.6) is 11.6 Å². The molecule has 2 rings (SSSR count). The molecule has 1 aromatic carbocycles. The van der Waals surface area contributed by atoms with Crippen LogP contribution in [0.3, 0.4) is 0 Å². The Morgan fingerprint density at radius 1 is 1.37 bits per heavy atom. The molecule has 0 saturated carbocycles. The van der Waals surface area contributed by atoms with Gasteiger partial charge in [-0.2, -0.15) is 4.68 Å². The predicted molar refractivity (Wildman–Crippen MR) is 69.6 cm³/mol. The molecule has 2 aromatic rings. The summed E-state index contributed by atoms with van der Waals surface area (Å²) in [6, 6.07) is 4.55. The zero-order chi connectivity index (χ0) is 14.2. The van der Waals surface area contributed by atoms with Crippen molar-refractivity contribution in [2.24, 2.45) is 0 Å². The van der Waals surface area contributed by atoms with Crippen molar-refractivity contribution in [3.63, 3.8) is 0 Å². The smallest absolute Gasteiger partial charge is 0.435 e. The van der Waals surface area contributed by atoms with Crippen LogP contribution in [0.2, 0.25) is 0 Å². The Morgan fingerprint density at radius 2 is 2.05 bits per heavy atom. The van der Waals surface area contributed by atoms with E-state index in [0.717, 1.165) is 4.68 Å². The van der Waals surface area contributed by atoms with Crippen LogP contribution in [-0.2, 0) is 4.74 Å². The molecule has 1 aromatic heterocycles. The van der Waals surface area contributed by atoms with Crippen molar-refractivity contribution < 1.29 is 19.4 Å². The quantitative estimate of drug-likeness (QED) is 0.856. The van der Waals surface area contributed by atoms with E-state index in [1.807, 2.05) is 0 Å². The van der Waals surface area contributed by atoms with Crippen LogP contribution in [0.4, 0.5) is 4.79 Å². The first-order valence-corrected chi connectivity index (χ1v) is 5.81. The van der Waals surface area contributed by atoms with Crippen molar-refractivity contribution in [1.82, 2.24) is 9.78 Å². The third-order valence-corrected chi connectivity index (χ3v) is 2.39. The summed E-state index contributed by atoms with van der Waals surface area (Å²) in [7, 11) is 1.45. The summed E-state index contributed by atoms with van der Waals surface area (Å²) in [6.45, 7) is 5.33. The highest BCUT2D eigenvalue weighted by Gasteiger charge is 2.22. The topological polar surface area (TPSA) is 73.6 Å². The Bertz CT molecular complexity index is 625. The van der Waals surface area contributed by atoms with Gasteiger partial charge in [0.2, 0.25) is 5.88 Å². The van der Waals surface area contributed by atoms with Gasteiger partial charge in [0.05, 0.1) is 18.0 Å². The monoisotopic (exact) mass is 264 g/mol. The number of fused-ring (bicyclic) bond motifs is 1. The van der Waals surface area contributed by atoms with Gasteiger partial charge in [0.1, 0.15) is 11.4 Å². The number of carbonyl (C=O) groups excluding carboxylic acids is 1. The maximum Gasteiger partial charge on any atom is 0.435 e. The Kier molecular flexibility index (Phi) is 3.09. The second-order valence-corrected chi connectivity index (χ2v) is 5.10. The summed E-state index contributed by atoms with van der Waals surface area (Å²) in [5.74, 6) is 0.339. The molecule has 0 amide bonds. The van der Waals surface area contributed by atoms with Gasteiger partial charge >= 0.3 is 6.09 Å². The Morgan fingerprint density at radius 3 is 2.63 bits per heavy atom. The first kappa shape index (κ1) is 13.2. The second kappa shape index (κ2) is 4.46. The molecular weight excluding hydrogens is 248 g/mol. The number of hydrogen-bond donors (Lipinski definition) is 1. The minimum absolute atomic E-state index is 0.0783. The molecule has 0 spiro atoms. The molecule has 6 nitrogen and oxygen atoms in total. The van der Waals surface area contributed by atoms with E-state index in [4.69, 9.17) is 9.47 Å². The largest absolute Gasteiger partial charge is 0.508 e. The number of hydrogen-bond acceptors (Lipinski definition) is 5. The number of aromatic nitrogens is 2. The van der Waals surface area contributed by atoms with E-state index in [-0.39, 0.29) is 11.6 Å². The van der Waals surface area contributed by atoms with Crippen molar-refractivity contribution in [3.8, 4) is 11.6 Å². The summed E-state index contributed by atoms with van der Waals surface area (Å²) in [5, 5.41) is 14.1. The van der Waals surface area contributed by atoms with E-state index in [1.54, 1.807) is 26.8 Å². The Labute approximate surface area is 110 Å². The number of nitrogens with zero attached hydrogens (tertiary/aromatic N) is 2. The molecule has 0 aliphatic carbocycles. The highest BCUT2D eigenvalue weighted by atomic mass is 16.6. The first-order chi connectivity index (χ1) is 8.81. The van der Waals surface area contributed by atoms with E-state index >= 15 is 0 Å². The predicted octanol–water partition coefficient (Wildman–Crippen LogP) is 2.53. The summed E-state index contributed by atoms with van der Waals surface area (Å²) >= 11 is 0. The minimum atomic E-state index is -0.612. The fraction of sp³-hybridized carbons (Fsp3) is 0.385. The van der Waals surface area contributed by atoms with Crippen LogP contribution in [0.25, 0.3) is 10.9 Å². The van der Waals surface area contributed by atoms with Crippen molar-refractivity contribution in [2.45, 2.75) is 26.4 Å². The molecule has 1 N–H and O–H groups in total. The fourth-order valence-electron chi connectivity index (χ4n) is 1.67. The number of ether oxygens (including phenoxy) is 2. The van der Waals surface area contributed by atoms with Gasteiger partial charge in [-0.05, 0) is 39.0 Å². The molecule has 0 aliphatic rings. The number of aromatic hydroxyl groups is 1. The summed E-state index contributed by atoms with van der Waals surface area (Å²) in [6.07, 6.45) is -0.591. The van der Waals surface area contributed by atoms with Gasteiger partial charge in [-0.1, -0.05) is 0 Å². The number of phenols is 1. The maximum absolute atomic E-state index is 12.0. The molecule has 0 atom stereocenters. The van der Waals surface area contributed by atoms with Gasteiger partial charge in [-0.25, -0.2) is 4.79 Å². The van der Waals surface area contributed by atoms with Crippen molar-refractivity contribution in [1.29, 1.82) is 0 Å². The molecular formula is C13H16N2O4. The van der Waals surface area contributed by atoms with Crippen LogP contribution in [-0.4, -0.2) is 33.7 Å². The normalized spacial score (nSPS) is 11.6. The molecule has 0 radical (unpaired) electrons. The lowest BCUT2D eigenvalue weighted by atomic mass is 10.2. The van der Waals surface area contributed by atoms with E-state index in [9.17, 15) is 9.90 Å². The lowest BCUT2D eigenvalue weighted by Crippen LogP contribution is -2.27. The number of phenolic OH excluding ortho intramolecular Hbond substituents is 1. The Hall–Kier alpha value is -2.24. The van der Waals surface area contributed by atoms with Crippen LogP contribution in [0, 0.1) is 0 Å². The fourth-order valence-corrected chi connectivity index (χ4v) is 1.67. The second-order valence-electron chi connectivity index (χ2n) is 5.10. The first-order valence-electron chi connectivity index (χ1n) is 5.81. The third-order valence-electron chi connectivity index (χ3n) is 2.39. The maximum atomic E-state index is 12.0. The number of carbonyl (C=O) groups is 1. The van der Waals surface area contributed by atoms with Crippen molar-refractivity contribution >= 4 is 17.0 Å². The minimum Gasteiger partial charge on any atom is -0.508 e. The lowest BCUT2D eigenvalue weighted by molar-refractivity contribution is 0.0520. The van der Waals surface area contributed by atoms with Crippen LogP contribution in [0.1, 0.15) is 20.8 Å². The van der Waals surface area contributed by atoms with E-state index < -0.39 is 11.7 Å². The standard InChI is InChI=1S/C13H16N2O4/c1-13(2,3)19-12(17)15-10-6-5-8(16)7-9(10)11(14-15)18-4/h5-7,16H,1-4H3. The van der Waals surface area contributed by atoms with Gasteiger partial charge in [0.25, 0.3) is 0 Å². The van der Waals surface area contributed by atoms with E-state index in [2.05, 4.69) is 5.10 Å². The van der Waals surface area contributed by atoms with Gasteiger partial charge in [-0.3, -0.25) is 0 Å². The number of methoxy groups -OCH3 is 1. The van der Waals surface area contributed by atoms with Gasteiger partial charge in [0, 0.05) is 0 Å². The van der Waals surface area contributed by atoms with E-state index in [0.29, 0.717) is 10.9 Å². The van der Waals surface area contributed by atoms with Gasteiger partial charge in [0.15, 0.2) is 0 Å². The van der Waals surface area contributed by atoms with Crippen molar-refractivity contribution in [2.75, 3.05) is 7.11 Å². The molecule has 6 heteroatoms. The summed E-state index contributed by atoms with van der Waals surface area (Å²) < 4.78 is 11.5. The average molecular weight is 264 g/mol. The molecule has 0 aliphatic heterocycles. The number of rotatable bonds is 1. The van der Waals surface area contributed by atoms with E-state index in [1.165, 1.54) is 19.2 Å². The lowest BCUT2D eigenvalue weighted by Gasteiger charge is -2.19. The third kappa shape index (κ3) is 2.62. The molecule has 102 valence electrons. The molecule has 0 fully saturated rings. The highest BCUT2D eigenvalue weighted by Crippen LogP contribution is 2.28. The van der Waals surface area contributed by atoms with Crippen LogP contribution in [0.15, 0.2) is 18.2 Å². The molecule has 0 bridgehead atoms. The average Bonchev–Trinajstić information content (AvgIpc) is 2.64. The highest BCUT2D eigenvalue weighted by molar-refractivity contribution is 5.92. The zero-order valence-electron chi connectivity index (χ0n) is 11.3. The number of benzene rings is 1. The Balaban J connectivity index is 2.52. The van der Waals surface area contributed by atoms with Crippen molar-refractivity contribution in [3.05, 3.63) is 18.2 Å². The summed E-state index contributed by atoms with van der Waals surface area (Å²) in [5.41, 5.74) is -0.0941. The van der Waals surface area contributed by atoms with Crippen LogP contribution < -0.4 is 4.74 Å². The van der Waals surface area contributed by atoms with Crippen LogP contribution >= 0.6 is 0 Å². The zero-order valence-corrected chi connectivity index (χ0v) is 11.3.